The Morgan fingerprint density at radius 2 is 1.63 bits per heavy atom. The highest BCUT2D eigenvalue weighted by molar-refractivity contribution is 9.10. The van der Waals surface area contributed by atoms with E-state index in [9.17, 15) is 22.4 Å². The summed E-state index contributed by atoms with van der Waals surface area (Å²) in [6.45, 7) is 0.103. The van der Waals surface area contributed by atoms with Gasteiger partial charge in [-0.25, -0.2) is 12.8 Å². The van der Waals surface area contributed by atoms with E-state index in [1.54, 1.807) is 6.07 Å². The summed E-state index contributed by atoms with van der Waals surface area (Å²) in [5.41, 5.74) is 1.66. The maximum absolute atomic E-state index is 14.4. The number of hydrogen-bond donors (Lipinski definition) is 1. The summed E-state index contributed by atoms with van der Waals surface area (Å²) in [4.78, 5) is 28.2. The zero-order chi connectivity index (χ0) is 27.7. The van der Waals surface area contributed by atoms with E-state index in [4.69, 9.17) is 0 Å². The van der Waals surface area contributed by atoms with Crippen LogP contribution in [0.3, 0.4) is 0 Å². The van der Waals surface area contributed by atoms with E-state index in [1.807, 2.05) is 54.6 Å². The zero-order valence-corrected chi connectivity index (χ0v) is 23.7. The molecule has 3 rings (SSSR count). The molecule has 0 radical (unpaired) electrons. The van der Waals surface area contributed by atoms with E-state index in [1.165, 1.54) is 30.1 Å². The highest BCUT2D eigenvalue weighted by Gasteiger charge is 2.30. The standard InChI is InChI=1S/C28H31BrFN3O4S/c1-31-28(35)26(19-21-10-4-3-5-11-21)32(20-22-12-8-13-23(29)18-22)27(34)16-9-17-33(38(2,36)37)25-15-7-6-14-24(25)30/h3-8,10-15,18,26H,9,16-17,19-20H2,1-2H3,(H,31,35). The first kappa shape index (κ1) is 29.3. The van der Waals surface area contributed by atoms with Crippen molar-refractivity contribution in [1.82, 2.24) is 10.2 Å². The summed E-state index contributed by atoms with van der Waals surface area (Å²) < 4.78 is 41.0. The third kappa shape index (κ3) is 8.13. The van der Waals surface area contributed by atoms with Gasteiger partial charge in [-0.15, -0.1) is 0 Å². The van der Waals surface area contributed by atoms with Crippen molar-refractivity contribution in [2.24, 2.45) is 0 Å². The van der Waals surface area contributed by atoms with E-state index in [0.717, 1.165) is 26.2 Å². The van der Waals surface area contributed by atoms with Gasteiger partial charge in [-0.2, -0.15) is 0 Å². The molecular weight excluding hydrogens is 573 g/mol. The topological polar surface area (TPSA) is 86.8 Å². The molecule has 0 aromatic heterocycles. The Labute approximate surface area is 231 Å². The summed E-state index contributed by atoms with van der Waals surface area (Å²) in [6.07, 6.45) is 1.42. The average Bonchev–Trinajstić information content (AvgIpc) is 2.88. The third-order valence-electron chi connectivity index (χ3n) is 6.03. The van der Waals surface area contributed by atoms with Gasteiger partial charge in [0, 0.05) is 37.5 Å². The number of hydrogen-bond acceptors (Lipinski definition) is 4. The van der Waals surface area contributed by atoms with Crippen LogP contribution in [0.25, 0.3) is 0 Å². The van der Waals surface area contributed by atoms with E-state index in [0.29, 0.717) is 6.42 Å². The Bertz CT molecular complexity index is 1350. The fourth-order valence-corrected chi connectivity index (χ4v) is 5.60. The summed E-state index contributed by atoms with van der Waals surface area (Å²) in [5, 5.41) is 2.67. The van der Waals surface area contributed by atoms with Crippen LogP contribution in [-0.4, -0.2) is 51.0 Å². The van der Waals surface area contributed by atoms with Gasteiger partial charge < -0.3 is 10.2 Å². The smallest absolute Gasteiger partial charge is 0.242 e. The Morgan fingerprint density at radius 1 is 0.974 bits per heavy atom. The van der Waals surface area contributed by atoms with Crippen molar-refractivity contribution < 1.29 is 22.4 Å². The summed E-state index contributed by atoms with van der Waals surface area (Å²) >= 11 is 3.45. The van der Waals surface area contributed by atoms with Crippen LogP contribution in [0.2, 0.25) is 0 Å². The number of benzene rings is 3. The lowest BCUT2D eigenvalue weighted by atomic mass is 10.0. The Balaban J connectivity index is 1.85. The number of halogens is 2. The van der Waals surface area contributed by atoms with Crippen molar-refractivity contribution in [3.05, 3.63) is 100 Å². The molecule has 0 heterocycles. The number of carbonyl (C=O) groups excluding carboxylic acids is 2. The SMILES string of the molecule is CNC(=O)C(Cc1ccccc1)N(Cc1cccc(Br)c1)C(=O)CCCN(c1ccccc1F)S(C)(=O)=O. The maximum atomic E-state index is 14.4. The predicted molar refractivity (Wildman–Crippen MR) is 151 cm³/mol. The minimum atomic E-state index is -3.79. The molecule has 202 valence electrons. The van der Waals surface area contributed by atoms with Crippen LogP contribution in [-0.2, 0) is 32.6 Å². The van der Waals surface area contributed by atoms with E-state index >= 15 is 0 Å². The zero-order valence-electron chi connectivity index (χ0n) is 21.3. The first-order chi connectivity index (χ1) is 18.1. The summed E-state index contributed by atoms with van der Waals surface area (Å²) in [7, 11) is -2.26. The molecular formula is C28H31BrFN3O4S. The average molecular weight is 605 g/mol. The van der Waals surface area contributed by atoms with Crippen molar-refractivity contribution in [1.29, 1.82) is 0 Å². The van der Waals surface area contributed by atoms with Crippen LogP contribution in [0.1, 0.15) is 24.0 Å². The van der Waals surface area contributed by atoms with Gasteiger partial charge in [-0.05, 0) is 41.8 Å². The molecule has 0 spiro atoms. The number of amides is 2. The summed E-state index contributed by atoms with van der Waals surface area (Å²) in [5.74, 6) is -1.28. The Morgan fingerprint density at radius 3 is 2.26 bits per heavy atom. The van der Waals surface area contributed by atoms with Gasteiger partial charge in [0.2, 0.25) is 21.8 Å². The Kier molecular flexibility index (Phi) is 10.4. The number of sulfonamides is 1. The monoisotopic (exact) mass is 603 g/mol. The van der Waals surface area contributed by atoms with Gasteiger partial charge in [-0.3, -0.25) is 13.9 Å². The van der Waals surface area contributed by atoms with Crippen LogP contribution in [0, 0.1) is 5.82 Å². The van der Waals surface area contributed by atoms with Crippen LogP contribution in [0.5, 0.6) is 0 Å². The largest absolute Gasteiger partial charge is 0.357 e. The molecule has 0 aliphatic carbocycles. The molecule has 1 unspecified atom stereocenters. The van der Waals surface area contributed by atoms with Crippen LogP contribution < -0.4 is 9.62 Å². The second kappa shape index (κ2) is 13.5. The molecule has 1 N–H and O–H groups in total. The minimum absolute atomic E-state index is 0.0310. The maximum Gasteiger partial charge on any atom is 0.242 e. The fraction of sp³-hybridized carbons (Fsp3) is 0.286. The number of likely N-dealkylation sites (N-methyl/N-ethyl adjacent to an activating group) is 1. The summed E-state index contributed by atoms with van der Waals surface area (Å²) in [6, 6.07) is 21.7. The van der Waals surface area contributed by atoms with Gasteiger partial charge in [0.1, 0.15) is 11.9 Å². The van der Waals surface area contributed by atoms with Crippen molar-refractivity contribution >= 4 is 43.5 Å². The number of nitrogens with one attached hydrogen (secondary N) is 1. The highest BCUT2D eigenvalue weighted by Crippen LogP contribution is 2.23. The molecule has 1 atom stereocenters. The normalized spacial score (nSPS) is 12.0. The Hall–Kier alpha value is -3.24. The lowest BCUT2D eigenvalue weighted by Gasteiger charge is -2.31. The molecule has 0 saturated carbocycles. The van der Waals surface area contributed by atoms with E-state index in [-0.39, 0.29) is 43.4 Å². The molecule has 0 aliphatic rings. The van der Waals surface area contributed by atoms with Crippen LogP contribution in [0.4, 0.5) is 10.1 Å². The molecule has 2 amide bonds. The first-order valence-electron chi connectivity index (χ1n) is 12.1. The van der Waals surface area contributed by atoms with Crippen LogP contribution in [0.15, 0.2) is 83.3 Å². The van der Waals surface area contributed by atoms with Gasteiger partial charge in [0.15, 0.2) is 0 Å². The molecule has 7 nitrogen and oxygen atoms in total. The molecule has 0 saturated heterocycles. The quantitative estimate of drug-likeness (QED) is 0.330. The van der Waals surface area contributed by atoms with E-state index < -0.39 is 21.9 Å². The second-order valence-corrected chi connectivity index (χ2v) is 11.7. The molecule has 3 aromatic rings. The third-order valence-corrected chi connectivity index (χ3v) is 7.71. The van der Waals surface area contributed by atoms with Gasteiger partial charge >= 0.3 is 0 Å². The molecule has 10 heteroatoms. The first-order valence-corrected chi connectivity index (χ1v) is 14.8. The van der Waals surface area contributed by atoms with Crippen molar-refractivity contribution in [3.8, 4) is 0 Å². The van der Waals surface area contributed by atoms with Crippen molar-refractivity contribution in [2.45, 2.75) is 31.8 Å². The van der Waals surface area contributed by atoms with E-state index in [2.05, 4.69) is 21.2 Å². The van der Waals surface area contributed by atoms with Crippen molar-refractivity contribution in [3.63, 3.8) is 0 Å². The molecule has 0 bridgehead atoms. The lowest BCUT2D eigenvalue weighted by molar-refractivity contribution is -0.141. The van der Waals surface area contributed by atoms with Crippen molar-refractivity contribution in [2.75, 3.05) is 24.2 Å². The van der Waals surface area contributed by atoms with Gasteiger partial charge in [0.05, 0.1) is 11.9 Å². The number of para-hydroxylation sites is 1. The van der Waals surface area contributed by atoms with Crippen LogP contribution >= 0.6 is 15.9 Å². The second-order valence-electron chi connectivity index (χ2n) is 8.86. The molecule has 38 heavy (non-hydrogen) atoms. The number of anilines is 1. The fourth-order valence-electron chi connectivity index (χ4n) is 4.19. The molecule has 0 aliphatic heterocycles. The predicted octanol–water partition coefficient (Wildman–Crippen LogP) is 4.52. The van der Waals surface area contributed by atoms with Gasteiger partial charge in [0.25, 0.3) is 0 Å². The number of carbonyl (C=O) groups is 2. The number of rotatable bonds is 12. The molecule has 3 aromatic carbocycles. The number of nitrogens with zero attached hydrogens (tertiary/aromatic N) is 2. The highest BCUT2D eigenvalue weighted by atomic mass is 79.9. The molecule has 0 fully saturated rings. The minimum Gasteiger partial charge on any atom is -0.357 e. The lowest BCUT2D eigenvalue weighted by Crippen LogP contribution is -2.49. The van der Waals surface area contributed by atoms with Gasteiger partial charge in [-0.1, -0.05) is 70.5 Å².